The second kappa shape index (κ2) is 8.29. The molecule has 3 N–H and O–H groups in total. The van der Waals surface area contributed by atoms with E-state index in [-0.39, 0.29) is 24.4 Å². The van der Waals surface area contributed by atoms with Gasteiger partial charge in [-0.15, -0.1) is 0 Å². The van der Waals surface area contributed by atoms with Crippen LogP contribution in [0, 0.1) is 5.82 Å². The molecule has 1 atom stereocenters. The molecule has 8 heteroatoms. The lowest BCUT2D eigenvalue weighted by atomic mass is 10.1. The normalized spacial score (nSPS) is 18.1. The van der Waals surface area contributed by atoms with Crippen molar-refractivity contribution in [2.75, 3.05) is 44.0 Å². The number of halogens is 1. The van der Waals surface area contributed by atoms with Crippen LogP contribution in [0.25, 0.3) is 0 Å². The highest BCUT2D eigenvalue weighted by Crippen LogP contribution is 2.23. The number of rotatable bonds is 6. The molecular weight excluding hydrogens is 337 g/mol. The number of hydrogen-bond acceptors (Lipinski definition) is 7. The molecule has 1 aromatic heterocycles. The molecule has 2 aromatic rings. The predicted octanol–water partition coefficient (Wildman–Crippen LogP) is 1.28. The number of piperazine rings is 1. The van der Waals surface area contributed by atoms with E-state index in [1.165, 1.54) is 13.2 Å². The third kappa shape index (κ3) is 4.20. The van der Waals surface area contributed by atoms with E-state index in [9.17, 15) is 9.50 Å². The predicted molar refractivity (Wildman–Crippen MR) is 97.5 cm³/mol. The van der Waals surface area contributed by atoms with Crippen molar-refractivity contribution in [1.82, 2.24) is 14.9 Å². The summed E-state index contributed by atoms with van der Waals surface area (Å²) in [5.41, 5.74) is 6.30. The Kier molecular flexibility index (Phi) is 5.85. The van der Waals surface area contributed by atoms with Crippen LogP contribution in [0.3, 0.4) is 0 Å². The molecule has 0 amide bonds. The van der Waals surface area contributed by atoms with E-state index in [1.54, 1.807) is 18.3 Å². The van der Waals surface area contributed by atoms with Crippen LogP contribution in [0.15, 0.2) is 30.5 Å². The van der Waals surface area contributed by atoms with Crippen molar-refractivity contribution in [2.45, 2.75) is 19.0 Å². The lowest BCUT2D eigenvalue weighted by molar-refractivity contribution is 0.134. The molecule has 0 radical (unpaired) electrons. The zero-order chi connectivity index (χ0) is 18.5. The third-order valence-electron chi connectivity index (χ3n) is 4.68. The maximum Gasteiger partial charge on any atom is 0.221 e. The largest absolute Gasteiger partial charge is 0.497 e. The zero-order valence-electron chi connectivity index (χ0n) is 14.8. The molecule has 0 spiro atoms. The number of ether oxygens (including phenoxy) is 1. The Morgan fingerprint density at radius 3 is 2.88 bits per heavy atom. The van der Waals surface area contributed by atoms with Gasteiger partial charge in [-0.1, -0.05) is 6.07 Å². The Labute approximate surface area is 152 Å². The molecule has 0 aliphatic carbocycles. The second-order valence-corrected chi connectivity index (χ2v) is 6.31. The first-order valence-electron chi connectivity index (χ1n) is 8.61. The fraction of sp³-hybridized carbons (Fsp3) is 0.444. The molecule has 7 nitrogen and oxygen atoms in total. The minimum Gasteiger partial charge on any atom is -0.497 e. The SMILES string of the molecule is COc1ccc(CN2CCN(c3ccnc(N)n3)CC2CCO)c(F)c1. The van der Waals surface area contributed by atoms with Crippen LogP contribution >= 0.6 is 0 Å². The number of nitrogens with two attached hydrogens (primary N) is 1. The number of hydrogen-bond donors (Lipinski definition) is 2. The average molecular weight is 361 g/mol. The van der Waals surface area contributed by atoms with Crippen LogP contribution in [0.1, 0.15) is 12.0 Å². The van der Waals surface area contributed by atoms with E-state index < -0.39 is 0 Å². The minimum atomic E-state index is -0.280. The van der Waals surface area contributed by atoms with Gasteiger partial charge in [0.2, 0.25) is 5.95 Å². The van der Waals surface area contributed by atoms with Gasteiger partial charge in [-0.3, -0.25) is 4.90 Å². The van der Waals surface area contributed by atoms with Crippen molar-refractivity contribution in [1.29, 1.82) is 0 Å². The van der Waals surface area contributed by atoms with Crippen molar-refractivity contribution in [2.24, 2.45) is 0 Å². The van der Waals surface area contributed by atoms with Gasteiger partial charge in [-0.25, -0.2) is 9.37 Å². The van der Waals surface area contributed by atoms with Gasteiger partial charge in [0.15, 0.2) is 0 Å². The Morgan fingerprint density at radius 1 is 1.35 bits per heavy atom. The highest BCUT2D eigenvalue weighted by molar-refractivity contribution is 5.41. The van der Waals surface area contributed by atoms with Gasteiger partial charge in [0, 0.05) is 56.7 Å². The first-order valence-corrected chi connectivity index (χ1v) is 8.61. The number of aromatic nitrogens is 2. The lowest BCUT2D eigenvalue weighted by Gasteiger charge is -2.42. The van der Waals surface area contributed by atoms with E-state index in [4.69, 9.17) is 10.5 Å². The third-order valence-corrected chi connectivity index (χ3v) is 4.68. The molecular formula is C18H24FN5O2. The van der Waals surface area contributed by atoms with Gasteiger partial charge in [0.05, 0.1) is 7.11 Å². The van der Waals surface area contributed by atoms with Crippen molar-refractivity contribution in [3.63, 3.8) is 0 Å². The second-order valence-electron chi connectivity index (χ2n) is 6.31. The Balaban J connectivity index is 1.72. The molecule has 2 heterocycles. The summed E-state index contributed by atoms with van der Waals surface area (Å²) in [5, 5.41) is 9.44. The number of anilines is 2. The van der Waals surface area contributed by atoms with Crippen molar-refractivity contribution in [3.8, 4) is 5.75 Å². The number of nitrogens with zero attached hydrogens (tertiary/aromatic N) is 4. The van der Waals surface area contributed by atoms with Crippen molar-refractivity contribution < 1.29 is 14.2 Å². The Morgan fingerprint density at radius 2 is 2.19 bits per heavy atom. The molecule has 1 saturated heterocycles. The summed E-state index contributed by atoms with van der Waals surface area (Å²) in [5.74, 6) is 1.24. The number of benzene rings is 1. The summed E-state index contributed by atoms with van der Waals surface area (Å²) in [6, 6.07) is 6.83. The molecule has 0 bridgehead atoms. The minimum absolute atomic E-state index is 0.0754. The van der Waals surface area contributed by atoms with Crippen LogP contribution in [0.5, 0.6) is 5.75 Å². The monoisotopic (exact) mass is 361 g/mol. The van der Waals surface area contributed by atoms with Crippen LogP contribution in [0.2, 0.25) is 0 Å². The first kappa shape index (κ1) is 18.3. The quantitative estimate of drug-likeness (QED) is 0.801. The summed E-state index contributed by atoms with van der Waals surface area (Å²) >= 11 is 0. The molecule has 1 unspecified atom stereocenters. The number of aliphatic hydroxyl groups is 1. The number of nitrogen functional groups attached to an aromatic ring is 1. The maximum absolute atomic E-state index is 14.3. The highest BCUT2D eigenvalue weighted by Gasteiger charge is 2.28. The fourth-order valence-electron chi connectivity index (χ4n) is 3.27. The van der Waals surface area contributed by atoms with E-state index in [0.717, 1.165) is 18.9 Å². The number of methoxy groups -OCH3 is 1. The summed E-state index contributed by atoms with van der Waals surface area (Å²) < 4.78 is 19.4. The van der Waals surface area contributed by atoms with Gasteiger partial charge in [0.1, 0.15) is 17.4 Å². The molecule has 1 aliphatic heterocycles. The van der Waals surface area contributed by atoms with Crippen LogP contribution < -0.4 is 15.4 Å². The van der Waals surface area contributed by atoms with Crippen molar-refractivity contribution >= 4 is 11.8 Å². The molecule has 0 saturated carbocycles. The van der Waals surface area contributed by atoms with E-state index >= 15 is 0 Å². The molecule has 1 aromatic carbocycles. The van der Waals surface area contributed by atoms with Crippen LogP contribution in [-0.2, 0) is 6.54 Å². The topological polar surface area (TPSA) is 87.7 Å². The average Bonchev–Trinajstić information content (AvgIpc) is 2.64. The highest BCUT2D eigenvalue weighted by atomic mass is 19.1. The standard InChI is InChI=1S/C18H24FN5O2/c1-26-15-3-2-13(16(19)10-15)11-23-7-8-24(12-14(23)5-9-25)17-4-6-21-18(20)22-17/h2-4,6,10,14,25H,5,7-9,11-12H2,1H3,(H2,20,21,22). The van der Waals surface area contributed by atoms with Gasteiger partial charge in [-0.05, 0) is 18.6 Å². The Bertz CT molecular complexity index is 745. The first-order chi connectivity index (χ1) is 12.6. The zero-order valence-corrected chi connectivity index (χ0v) is 14.8. The van der Waals surface area contributed by atoms with Gasteiger partial charge in [-0.2, -0.15) is 4.98 Å². The van der Waals surface area contributed by atoms with Crippen molar-refractivity contribution in [3.05, 3.63) is 41.8 Å². The molecule has 3 rings (SSSR count). The van der Waals surface area contributed by atoms with Gasteiger partial charge in [0.25, 0.3) is 0 Å². The Hall–Kier alpha value is -2.45. The van der Waals surface area contributed by atoms with Gasteiger partial charge >= 0.3 is 0 Å². The smallest absolute Gasteiger partial charge is 0.221 e. The number of aliphatic hydroxyl groups excluding tert-OH is 1. The maximum atomic E-state index is 14.3. The fourth-order valence-corrected chi connectivity index (χ4v) is 3.27. The summed E-state index contributed by atoms with van der Waals surface area (Å²) in [6.07, 6.45) is 2.24. The summed E-state index contributed by atoms with van der Waals surface area (Å²) in [6.45, 7) is 2.73. The van der Waals surface area contributed by atoms with Gasteiger partial charge < -0.3 is 20.5 Å². The molecule has 1 fully saturated rings. The van der Waals surface area contributed by atoms with Crippen LogP contribution in [0.4, 0.5) is 16.2 Å². The van der Waals surface area contributed by atoms with Crippen LogP contribution in [-0.4, -0.2) is 59.4 Å². The molecule has 26 heavy (non-hydrogen) atoms. The van der Waals surface area contributed by atoms with E-state index in [2.05, 4.69) is 19.8 Å². The molecule has 1 aliphatic rings. The summed E-state index contributed by atoms with van der Waals surface area (Å²) in [4.78, 5) is 12.5. The van der Waals surface area contributed by atoms with E-state index in [1.807, 2.05) is 6.07 Å². The lowest BCUT2D eigenvalue weighted by Crippen LogP contribution is -2.53. The summed E-state index contributed by atoms with van der Waals surface area (Å²) in [7, 11) is 1.52. The van der Waals surface area contributed by atoms with E-state index in [0.29, 0.717) is 30.8 Å². The molecule has 140 valence electrons.